The van der Waals surface area contributed by atoms with Crippen molar-refractivity contribution >= 4 is 11.0 Å². The number of benzene rings is 1. The molecule has 2 nitrogen and oxygen atoms in total. The van der Waals surface area contributed by atoms with E-state index in [1.807, 2.05) is 6.26 Å². The maximum Gasteiger partial charge on any atom is 0.134 e. The molecule has 0 bridgehead atoms. The number of hydrogen-bond acceptors (Lipinski definition) is 2. The first kappa shape index (κ1) is 11.2. The Morgan fingerprint density at radius 1 is 1.38 bits per heavy atom. The summed E-state index contributed by atoms with van der Waals surface area (Å²) in [4.78, 5) is 0. The van der Waals surface area contributed by atoms with Crippen molar-refractivity contribution in [2.45, 2.75) is 32.6 Å². The second kappa shape index (κ2) is 4.71. The fraction of sp³-hybridized carbons (Fsp3) is 0.429. The van der Waals surface area contributed by atoms with Crippen LogP contribution in [0.5, 0.6) is 0 Å². The zero-order chi connectivity index (χ0) is 11.5. The molecule has 86 valence electrons. The van der Waals surface area contributed by atoms with Gasteiger partial charge in [0, 0.05) is 5.39 Å². The Morgan fingerprint density at radius 3 is 2.88 bits per heavy atom. The van der Waals surface area contributed by atoms with E-state index >= 15 is 0 Å². The van der Waals surface area contributed by atoms with Gasteiger partial charge in [0.25, 0.3) is 0 Å². The molecule has 0 radical (unpaired) electrons. The van der Waals surface area contributed by atoms with Crippen molar-refractivity contribution in [3.63, 3.8) is 0 Å². The SMILES string of the molecule is CCC(C)c1ccc2occ(CCN)c2c1. The van der Waals surface area contributed by atoms with Gasteiger partial charge in [-0.3, -0.25) is 0 Å². The van der Waals surface area contributed by atoms with E-state index in [0.717, 1.165) is 18.4 Å². The Kier molecular flexibility index (Phi) is 3.30. The number of fused-ring (bicyclic) bond motifs is 1. The first-order valence-electron chi connectivity index (χ1n) is 5.96. The first-order chi connectivity index (χ1) is 7.76. The molecule has 2 N–H and O–H groups in total. The predicted octanol–water partition coefficient (Wildman–Crippen LogP) is 3.45. The van der Waals surface area contributed by atoms with Crippen molar-refractivity contribution in [3.8, 4) is 0 Å². The van der Waals surface area contributed by atoms with E-state index < -0.39 is 0 Å². The molecule has 1 unspecified atom stereocenters. The second-order valence-corrected chi connectivity index (χ2v) is 4.36. The molecule has 0 saturated heterocycles. The quantitative estimate of drug-likeness (QED) is 0.852. The van der Waals surface area contributed by atoms with E-state index in [0.29, 0.717) is 12.5 Å². The Balaban J connectivity index is 2.45. The van der Waals surface area contributed by atoms with Gasteiger partial charge in [0.15, 0.2) is 0 Å². The van der Waals surface area contributed by atoms with Crippen LogP contribution in [0.25, 0.3) is 11.0 Å². The van der Waals surface area contributed by atoms with Gasteiger partial charge in [-0.15, -0.1) is 0 Å². The summed E-state index contributed by atoms with van der Waals surface area (Å²) in [5, 5.41) is 1.23. The van der Waals surface area contributed by atoms with Crippen molar-refractivity contribution in [2.24, 2.45) is 5.73 Å². The minimum absolute atomic E-state index is 0.602. The van der Waals surface area contributed by atoms with Crippen LogP contribution in [-0.4, -0.2) is 6.54 Å². The van der Waals surface area contributed by atoms with Gasteiger partial charge in [-0.2, -0.15) is 0 Å². The minimum atomic E-state index is 0.602. The molecule has 0 amide bonds. The van der Waals surface area contributed by atoms with Gasteiger partial charge in [0.1, 0.15) is 5.58 Å². The van der Waals surface area contributed by atoms with Gasteiger partial charge in [0.05, 0.1) is 6.26 Å². The third kappa shape index (κ3) is 1.98. The molecule has 2 rings (SSSR count). The van der Waals surface area contributed by atoms with Gasteiger partial charge in [-0.25, -0.2) is 0 Å². The average Bonchev–Trinajstić information content (AvgIpc) is 2.71. The molecule has 2 heteroatoms. The van der Waals surface area contributed by atoms with E-state index in [4.69, 9.17) is 10.2 Å². The number of hydrogen-bond donors (Lipinski definition) is 1. The molecule has 0 aliphatic rings. The lowest BCUT2D eigenvalue weighted by Crippen LogP contribution is -2.02. The number of rotatable bonds is 4. The molecule has 0 spiro atoms. The molecule has 0 saturated carbocycles. The van der Waals surface area contributed by atoms with Crippen molar-refractivity contribution < 1.29 is 4.42 Å². The Labute approximate surface area is 96.4 Å². The van der Waals surface area contributed by atoms with Crippen molar-refractivity contribution in [2.75, 3.05) is 6.54 Å². The van der Waals surface area contributed by atoms with Crippen LogP contribution in [0, 0.1) is 0 Å². The van der Waals surface area contributed by atoms with E-state index in [2.05, 4.69) is 32.0 Å². The zero-order valence-electron chi connectivity index (χ0n) is 9.99. The van der Waals surface area contributed by atoms with Crippen LogP contribution < -0.4 is 5.73 Å². The number of furan rings is 1. The summed E-state index contributed by atoms with van der Waals surface area (Å²) in [7, 11) is 0. The van der Waals surface area contributed by atoms with Crippen molar-refractivity contribution in [3.05, 3.63) is 35.6 Å². The van der Waals surface area contributed by atoms with E-state index in [1.54, 1.807) is 0 Å². The van der Waals surface area contributed by atoms with Crippen LogP contribution in [0.4, 0.5) is 0 Å². The smallest absolute Gasteiger partial charge is 0.134 e. The van der Waals surface area contributed by atoms with Gasteiger partial charge in [0.2, 0.25) is 0 Å². The molecule has 0 fully saturated rings. The minimum Gasteiger partial charge on any atom is -0.464 e. The van der Waals surface area contributed by atoms with E-state index in [1.165, 1.54) is 16.5 Å². The zero-order valence-corrected chi connectivity index (χ0v) is 9.99. The van der Waals surface area contributed by atoms with E-state index in [-0.39, 0.29) is 0 Å². The fourth-order valence-corrected chi connectivity index (χ4v) is 1.99. The van der Waals surface area contributed by atoms with Crippen molar-refractivity contribution in [1.29, 1.82) is 0 Å². The molecule has 1 atom stereocenters. The third-order valence-corrected chi connectivity index (χ3v) is 3.27. The molecular formula is C14H19NO. The summed E-state index contributed by atoms with van der Waals surface area (Å²) in [6.45, 7) is 5.14. The van der Waals surface area contributed by atoms with Crippen LogP contribution in [0.3, 0.4) is 0 Å². The third-order valence-electron chi connectivity index (χ3n) is 3.27. The summed E-state index contributed by atoms with van der Waals surface area (Å²) in [6.07, 6.45) is 3.88. The average molecular weight is 217 g/mol. The molecule has 16 heavy (non-hydrogen) atoms. The summed E-state index contributed by atoms with van der Waals surface area (Å²) < 4.78 is 5.51. The van der Waals surface area contributed by atoms with Gasteiger partial charge < -0.3 is 10.2 Å². The maximum atomic E-state index is 5.59. The van der Waals surface area contributed by atoms with Crippen LogP contribution in [0.1, 0.15) is 37.3 Å². The molecular weight excluding hydrogens is 198 g/mol. The molecule has 1 aromatic carbocycles. The van der Waals surface area contributed by atoms with Gasteiger partial charge in [-0.05, 0) is 48.6 Å². The molecule has 0 aliphatic carbocycles. The highest BCUT2D eigenvalue weighted by Gasteiger charge is 2.08. The Hall–Kier alpha value is -1.28. The summed E-state index contributed by atoms with van der Waals surface area (Å²) in [5.74, 6) is 0.602. The summed E-state index contributed by atoms with van der Waals surface area (Å²) in [6, 6.07) is 6.47. The lowest BCUT2D eigenvalue weighted by molar-refractivity contribution is 0.610. The lowest BCUT2D eigenvalue weighted by Gasteiger charge is -2.08. The van der Waals surface area contributed by atoms with E-state index in [9.17, 15) is 0 Å². The monoisotopic (exact) mass is 217 g/mol. The van der Waals surface area contributed by atoms with Crippen LogP contribution in [-0.2, 0) is 6.42 Å². The van der Waals surface area contributed by atoms with Crippen LogP contribution in [0.2, 0.25) is 0 Å². The molecule has 1 heterocycles. The topological polar surface area (TPSA) is 39.2 Å². The van der Waals surface area contributed by atoms with Crippen LogP contribution >= 0.6 is 0 Å². The van der Waals surface area contributed by atoms with Gasteiger partial charge in [-0.1, -0.05) is 19.9 Å². The first-order valence-corrected chi connectivity index (χ1v) is 5.96. The maximum absolute atomic E-state index is 5.59. The number of nitrogens with two attached hydrogens (primary N) is 1. The summed E-state index contributed by atoms with van der Waals surface area (Å²) >= 11 is 0. The Morgan fingerprint density at radius 2 is 2.19 bits per heavy atom. The predicted molar refractivity (Wildman–Crippen MR) is 67.7 cm³/mol. The summed E-state index contributed by atoms with van der Waals surface area (Å²) in [5.41, 5.74) is 9.17. The second-order valence-electron chi connectivity index (χ2n) is 4.36. The lowest BCUT2D eigenvalue weighted by atomic mass is 9.96. The normalized spacial score (nSPS) is 13.2. The largest absolute Gasteiger partial charge is 0.464 e. The fourth-order valence-electron chi connectivity index (χ4n) is 1.99. The van der Waals surface area contributed by atoms with Crippen LogP contribution in [0.15, 0.2) is 28.9 Å². The van der Waals surface area contributed by atoms with Crippen molar-refractivity contribution in [1.82, 2.24) is 0 Å². The van der Waals surface area contributed by atoms with Gasteiger partial charge >= 0.3 is 0 Å². The molecule has 2 aromatic rings. The molecule has 0 aliphatic heterocycles. The standard InChI is InChI=1S/C14H19NO/c1-3-10(2)11-4-5-14-13(8-11)12(6-7-15)9-16-14/h4-5,8-10H,3,6-7,15H2,1-2H3. The molecule has 1 aromatic heterocycles. The highest BCUT2D eigenvalue weighted by atomic mass is 16.3. The highest BCUT2D eigenvalue weighted by Crippen LogP contribution is 2.27. The Bertz CT molecular complexity index is 473. The highest BCUT2D eigenvalue weighted by molar-refractivity contribution is 5.81.